The van der Waals surface area contributed by atoms with Gasteiger partial charge in [0.15, 0.2) is 11.4 Å². The number of ether oxygens (including phenoxy) is 2. The Balaban J connectivity index is 1.74. The van der Waals surface area contributed by atoms with Crippen molar-refractivity contribution < 1.29 is 44.3 Å². The van der Waals surface area contributed by atoms with Crippen LogP contribution in [0.5, 0.6) is 5.75 Å². The molecule has 1 saturated heterocycles. The second-order valence-electron chi connectivity index (χ2n) is 9.89. The lowest BCUT2D eigenvalue weighted by molar-refractivity contribution is -0.177. The maximum atomic E-state index is 12.9. The largest absolute Gasteiger partial charge is 0.507 e. The molecule has 1 aliphatic heterocycles. The van der Waals surface area contributed by atoms with Crippen LogP contribution in [0, 0.1) is 6.92 Å². The minimum Gasteiger partial charge on any atom is -0.507 e. The summed E-state index contributed by atoms with van der Waals surface area (Å²) >= 11 is 0. The highest BCUT2D eigenvalue weighted by molar-refractivity contribution is 5.97. The first-order valence-corrected chi connectivity index (χ1v) is 12.0. The number of rotatable bonds is 7. The normalized spacial score (nSPS) is 32.1. The predicted molar refractivity (Wildman–Crippen MR) is 134 cm³/mol. The molecular weight excluding hydrogens is 498 g/mol. The van der Waals surface area contributed by atoms with Crippen molar-refractivity contribution in [3.63, 3.8) is 0 Å². The van der Waals surface area contributed by atoms with E-state index < -0.39 is 66.0 Å². The lowest BCUT2D eigenvalue weighted by atomic mass is 9.74. The van der Waals surface area contributed by atoms with Crippen LogP contribution < -0.4 is 16.4 Å². The summed E-state index contributed by atoms with van der Waals surface area (Å²) in [7, 11) is 0. The van der Waals surface area contributed by atoms with Crippen LogP contribution in [0.15, 0.2) is 42.5 Å². The molecule has 2 aromatic rings. The topological polar surface area (TPSA) is 201 Å². The number of carbonyl (C=O) groups is 3. The van der Waals surface area contributed by atoms with Crippen molar-refractivity contribution in [1.82, 2.24) is 5.32 Å². The van der Waals surface area contributed by atoms with Gasteiger partial charge in [0.2, 0.25) is 0 Å². The van der Waals surface area contributed by atoms with Crippen LogP contribution in [0.25, 0.3) is 0 Å². The Kier molecular flexibility index (Phi) is 6.87. The van der Waals surface area contributed by atoms with Gasteiger partial charge < -0.3 is 46.3 Å². The van der Waals surface area contributed by atoms with Gasteiger partial charge in [-0.25, -0.2) is 9.59 Å². The van der Waals surface area contributed by atoms with Crippen molar-refractivity contribution in [2.45, 2.75) is 55.7 Å². The number of anilines is 1. The minimum absolute atomic E-state index is 0.113. The Labute approximate surface area is 218 Å². The van der Waals surface area contributed by atoms with Gasteiger partial charge in [0.1, 0.15) is 41.8 Å². The number of aryl methyl sites for hydroxylation is 1. The molecule has 0 radical (unpaired) electrons. The molecule has 1 saturated carbocycles. The number of amides is 1. The number of phenols is 1. The number of Topliss-reactive ketones (excluding diaryl/α,β-unsaturated/α-hetero) is 1. The minimum atomic E-state index is -2.33. The highest BCUT2D eigenvalue weighted by Crippen LogP contribution is 2.51. The highest BCUT2D eigenvalue weighted by atomic mass is 16.6. The number of hydrogen-bond acceptors (Lipinski definition) is 11. The molecule has 8 N–H and O–H groups in total. The molecule has 2 fully saturated rings. The Morgan fingerprint density at radius 1 is 1.21 bits per heavy atom. The highest BCUT2D eigenvalue weighted by Gasteiger charge is 2.78. The van der Waals surface area contributed by atoms with E-state index in [1.165, 1.54) is 32.0 Å². The Bertz CT molecular complexity index is 1260. The van der Waals surface area contributed by atoms with Gasteiger partial charge in [-0.05, 0) is 44.5 Å². The van der Waals surface area contributed by atoms with Crippen molar-refractivity contribution in [2.75, 3.05) is 18.5 Å². The third-order valence-corrected chi connectivity index (χ3v) is 7.81. The number of nitrogens with two attached hydrogens (primary N) is 1. The molecule has 12 nitrogen and oxygen atoms in total. The van der Waals surface area contributed by atoms with Crippen molar-refractivity contribution in [3.8, 4) is 5.75 Å². The first-order valence-electron chi connectivity index (χ1n) is 12.0. The smallest absolute Gasteiger partial charge is 0.408 e. The Morgan fingerprint density at radius 2 is 1.89 bits per heavy atom. The number of esters is 1. The number of aliphatic hydroxyl groups is 3. The van der Waals surface area contributed by atoms with E-state index in [1.54, 1.807) is 31.2 Å². The maximum absolute atomic E-state index is 12.9. The number of hydrogen-bond donors (Lipinski definition) is 7. The molecule has 38 heavy (non-hydrogen) atoms. The molecule has 1 amide bonds. The number of benzene rings is 2. The van der Waals surface area contributed by atoms with E-state index in [2.05, 4.69) is 10.6 Å². The average Bonchev–Trinajstić information content (AvgIpc) is 3.24. The zero-order chi connectivity index (χ0) is 28.0. The van der Waals surface area contributed by atoms with Crippen molar-refractivity contribution >= 4 is 23.5 Å². The van der Waals surface area contributed by atoms with Crippen LogP contribution >= 0.6 is 0 Å². The lowest BCUT2D eigenvalue weighted by Crippen LogP contribution is -2.72. The van der Waals surface area contributed by atoms with Gasteiger partial charge in [-0.2, -0.15) is 0 Å². The molecule has 1 spiro atoms. The van der Waals surface area contributed by atoms with E-state index in [-0.39, 0.29) is 16.9 Å². The summed E-state index contributed by atoms with van der Waals surface area (Å²) in [5.74, 6) is -1.81. The third-order valence-electron chi connectivity index (χ3n) is 7.81. The molecule has 0 aromatic heterocycles. The molecule has 1 aliphatic carbocycles. The van der Waals surface area contributed by atoms with Gasteiger partial charge in [-0.1, -0.05) is 24.3 Å². The summed E-state index contributed by atoms with van der Waals surface area (Å²) in [5.41, 5.74) is 1.13. The van der Waals surface area contributed by atoms with Crippen LogP contribution in [0.4, 0.5) is 10.5 Å². The molecule has 12 heteroatoms. The monoisotopic (exact) mass is 529 g/mol. The summed E-state index contributed by atoms with van der Waals surface area (Å²) in [4.78, 5) is 37.2. The van der Waals surface area contributed by atoms with Gasteiger partial charge in [-0.15, -0.1) is 0 Å². The summed E-state index contributed by atoms with van der Waals surface area (Å²) in [6, 6.07) is 8.04. The Morgan fingerprint density at radius 3 is 2.50 bits per heavy atom. The van der Waals surface area contributed by atoms with Crippen molar-refractivity contribution in [3.05, 3.63) is 59.2 Å². The number of phenolic OH excluding ortho intramolecular Hbond substituents is 1. The quantitative estimate of drug-likeness (QED) is 0.191. The molecule has 1 heterocycles. The van der Waals surface area contributed by atoms with Gasteiger partial charge in [0, 0.05) is 11.3 Å². The number of aliphatic hydroxyl groups excluding tert-OH is 1. The van der Waals surface area contributed by atoms with Crippen LogP contribution in [0.3, 0.4) is 0 Å². The van der Waals surface area contributed by atoms with Crippen molar-refractivity contribution in [1.29, 1.82) is 0 Å². The van der Waals surface area contributed by atoms with E-state index >= 15 is 0 Å². The van der Waals surface area contributed by atoms with Gasteiger partial charge in [-0.3, -0.25) is 4.79 Å². The SMILES string of the molecule is Cc1cccc(O)c1C(=O)OC[C@@]1(O)[C@@H](Nc2cccc(C(=O)CO)c2)[C@H](N)[C@]2(NC(=O)O[C@@H]2C)[C@@]1(C)O. The molecule has 6 atom stereocenters. The second kappa shape index (κ2) is 9.55. The van der Waals surface area contributed by atoms with E-state index in [9.17, 15) is 34.8 Å². The van der Waals surface area contributed by atoms with Gasteiger partial charge in [0.05, 0.1) is 12.1 Å². The molecular formula is C26H31N3O9. The van der Waals surface area contributed by atoms with Crippen LogP contribution in [-0.4, -0.2) is 86.4 Å². The molecule has 204 valence electrons. The molecule has 0 unspecified atom stereocenters. The summed E-state index contributed by atoms with van der Waals surface area (Å²) in [5, 5.41) is 48.9. The standard InChI is InChI=1S/C26H31N3O9/c1-13-6-4-9-17(31)19(13)22(33)37-12-25(36)21(28-16-8-5-7-15(10-16)18(32)11-30)20(27)26(24(25,3)35)14(2)38-23(34)29-26/h4-10,14,20-21,28,30-31,35-36H,11-12,27H2,1-3H3,(H,29,34)/t14-,20+,21+,24+,25-,26+/m1/s1. The van der Waals surface area contributed by atoms with Gasteiger partial charge in [0.25, 0.3) is 0 Å². The summed E-state index contributed by atoms with van der Waals surface area (Å²) in [6.45, 7) is 2.85. The number of carbonyl (C=O) groups excluding carboxylic acids is 3. The number of cyclic esters (lactones) is 1. The summed E-state index contributed by atoms with van der Waals surface area (Å²) < 4.78 is 10.7. The van der Waals surface area contributed by atoms with E-state index in [0.717, 1.165) is 0 Å². The Hall–Kier alpha value is -3.71. The fourth-order valence-electron chi connectivity index (χ4n) is 5.63. The number of alkyl carbamates (subject to hydrolysis) is 1. The van der Waals surface area contributed by atoms with Crippen molar-refractivity contribution in [2.24, 2.45) is 5.73 Å². The fourth-order valence-corrected chi connectivity index (χ4v) is 5.63. The lowest BCUT2D eigenvalue weighted by Gasteiger charge is -2.44. The first kappa shape index (κ1) is 27.3. The molecule has 2 aromatic carbocycles. The molecule has 2 aliphatic rings. The molecule has 0 bridgehead atoms. The van der Waals surface area contributed by atoms with Crippen LogP contribution in [-0.2, 0) is 9.47 Å². The van der Waals surface area contributed by atoms with E-state index in [1.807, 2.05) is 0 Å². The molecule has 4 rings (SSSR count). The second-order valence-corrected chi connectivity index (χ2v) is 9.89. The number of ketones is 1. The fraction of sp³-hybridized carbons (Fsp3) is 0.423. The first-order chi connectivity index (χ1) is 17.8. The van der Waals surface area contributed by atoms with E-state index in [0.29, 0.717) is 11.3 Å². The number of nitrogens with one attached hydrogen (secondary N) is 2. The summed E-state index contributed by atoms with van der Waals surface area (Å²) in [6.07, 6.45) is -1.86. The average molecular weight is 530 g/mol. The maximum Gasteiger partial charge on any atom is 0.408 e. The van der Waals surface area contributed by atoms with E-state index in [4.69, 9.17) is 15.2 Å². The zero-order valence-corrected chi connectivity index (χ0v) is 21.1. The van der Waals surface area contributed by atoms with Crippen LogP contribution in [0.1, 0.15) is 40.1 Å². The third kappa shape index (κ3) is 3.97. The predicted octanol–water partition coefficient (Wildman–Crippen LogP) is 0.203. The van der Waals surface area contributed by atoms with Gasteiger partial charge >= 0.3 is 12.1 Å². The van der Waals surface area contributed by atoms with Crippen LogP contribution in [0.2, 0.25) is 0 Å². The number of aromatic hydroxyl groups is 1. The zero-order valence-electron chi connectivity index (χ0n) is 21.1.